The quantitative estimate of drug-likeness (QED) is 0.691. The van der Waals surface area contributed by atoms with Crippen LogP contribution in [0.4, 0.5) is 0 Å². The highest BCUT2D eigenvalue weighted by Gasteiger charge is 2.22. The molecule has 148 valence electrons. The van der Waals surface area contributed by atoms with Gasteiger partial charge in [-0.2, -0.15) is 0 Å². The zero-order valence-electron chi connectivity index (χ0n) is 16.4. The van der Waals surface area contributed by atoms with Gasteiger partial charge in [-0.1, -0.05) is 30.3 Å². The average Bonchev–Trinajstić information content (AvgIpc) is 3.09. The molecule has 0 unspecified atom stereocenters. The monoisotopic (exact) mass is 384 g/mol. The van der Waals surface area contributed by atoms with Crippen LogP contribution in [-0.4, -0.2) is 33.3 Å². The lowest BCUT2D eigenvalue weighted by molar-refractivity contribution is 0.0928. The summed E-state index contributed by atoms with van der Waals surface area (Å²) in [6.07, 6.45) is 0. The van der Waals surface area contributed by atoms with Crippen molar-refractivity contribution >= 4 is 16.9 Å². The molecule has 28 heavy (non-hydrogen) atoms. The van der Waals surface area contributed by atoms with Crippen LogP contribution in [0, 0.1) is 0 Å². The van der Waals surface area contributed by atoms with Crippen molar-refractivity contribution in [2.45, 2.75) is 19.5 Å². The number of rotatable bonds is 6. The topological polar surface area (TPSA) is 87.3 Å². The van der Waals surface area contributed by atoms with Crippen molar-refractivity contribution in [3.8, 4) is 0 Å². The number of nitrogens with one attached hydrogen (secondary N) is 1. The Morgan fingerprint density at radius 3 is 2.46 bits per heavy atom. The molecule has 0 bridgehead atoms. The first kappa shape index (κ1) is 19.6. The first-order chi connectivity index (χ1) is 13.4. The molecule has 1 atom stereocenters. The minimum absolute atomic E-state index is 0.214. The number of benzene rings is 1. The van der Waals surface area contributed by atoms with Gasteiger partial charge in [0.25, 0.3) is 11.5 Å². The molecule has 3 aromatic rings. The maximum Gasteiger partial charge on any atom is 0.332 e. The molecule has 0 radical (unpaired) electrons. The second-order valence-electron chi connectivity index (χ2n) is 6.72. The Morgan fingerprint density at radius 2 is 1.82 bits per heavy atom. The third kappa shape index (κ3) is 3.38. The Morgan fingerprint density at radius 1 is 1.14 bits per heavy atom. The summed E-state index contributed by atoms with van der Waals surface area (Å²) in [6, 6.07) is 10.9. The zero-order valence-corrected chi connectivity index (χ0v) is 16.4. The van der Waals surface area contributed by atoms with E-state index in [1.54, 1.807) is 24.8 Å². The van der Waals surface area contributed by atoms with E-state index in [4.69, 9.17) is 4.74 Å². The summed E-state index contributed by atoms with van der Waals surface area (Å²) in [4.78, 5) is 37.9. The highest BCUT2D eigenvalue weighted by atomic mass is 16.5. The summed E-state index contributed by atoms with van der Waals surface area (Å²) in [5, 5.41) is 3.28. The average molecular weight is 384 g/mol. The number of carbonyl (C=O) groups excluding carboxylic acids is 1. The van der Waals surface area contributed by atoms with Crippen molar-refractivity contribution < 1.29 is 9.53 Å². The molecular formula is C20H24N4O4. The van der Waals surface area contributed by atoms with Gasteiger partial charge >= 0.3 is 5.69 Å². The summed E-state index contributed by atoms with van der Waals surface area (Å²) < 4.78 is 9.23. The number of hydrogen-bond donors (Lipinski definition) is 1. The fourth-order valence-electron chi connectivity index (χ4n) is 3.33. The smallest absolute Gasteiger partial charge is 0.332 e. The molecule has 0 aliphatic heterocycles. The standard InChI is InChI=1S/C20H24N4O4/c1-13(14-8-6-5-7-9-14)21-17(25)16-12-15-18(24(16)10-11-28-4)22(2)20(27)23(3)19(15)26/h5-9,12-13H,10-11H2,1-4H3,(H,21,25)/t13-/m1/s1. The molecule has 2 heterocycles. The van der Waals surface area contributed by atoms with E-state index >= 15 is 0 Å². The normalized spacial score (nSPS) is 12.3. The van der Waals surface area contributed by atoms with Gasteiger partial charge in [0, 0.05) is 27.7 Å². The van der Waals surface area contributed by atoms with E-state index < -0.39 is 11.2 Å². The van der Waals surface area contributed by atoms with Gasteiger partial charge in [-0.25, -0.2) is 4.79 Å². The van der Waals surface area contributed by atoms with Gasteiger partial charge in [-0.15, -0.1) is 0 Å². The third-order valence-corrected chi connectivity index (χ3v) is 4.89. The predicted octanol–water partition coefficient (Wildman–Crippen LogP) is 1.18. The minimum Gasteiger partial charge on any atom is -0.383 e. The van der Waals surface area contributed by atoms with Crippen LogP contribution in [0.2, 0.25) is 0 Å². The lowest BCUT2D eigenvalue weighted by Gasteiger charge is -2.16. The van der Waals surface area contributed by atoms with Gasteiger partial charge in [-0.3, -0.25) is 18.7 Å². The molecule has 0 fully saturated rings. The summed E-state index contributed by atoms with van der Waals surface area (Å²) in [7, 11) is 4.57. The molecule has 8 heteroatoms. The molecule has 0 saturated carbocycles. The fourth-order valence-corrected chi connectivity index (χ4v) is 3.33. The van der Waals surface area contributed by atoms with E-state index in [1.807, 2.05) is 37.3 Å². The van der Waals surface area contributed by atoms with E-state index in [2.05, 4.69) is 5.32 Å². The van der Waals surface area contributed by atoms with Crippen molar-refractivity contribution in [2.24, 2.45) is 14.1 Å². The lowest BCUT2D eigenvalue weighted by atomic mass is 10.1. The van der Waals surface area contributed by atoms with Crippen LogP contribution in [0.15, 0.2) is 46.0 Å². The Balaban J connectivity index is 2.10. The first-order valence-electron chi connectivity index (χ1n) is 9.00. The molecule has 2 aromatic heterocycles. The van der Waals surface area contributed by atoms with E-state index in [-0.39, 0.29) is 11.9 Å². The highest BCUT2D eigenvalue weighted by Crippen LogP contribution is 2.18. The molecule has 8 nitrogen and oxygen atoms in total. The van der Waals surface area contributed by atoms with Gasteiger partial charge in [0.05, 0.1) is 18.0 Å². The molecule has 1 aromatic carbocycles. The maximum atomic E-state index is 13.0. The molecule has 0 saturated heterocycles. The van der Waals surface area contributed by atoms with Crippen molar-refractivity contribution in [1.82, 2.24) is 19.0 Å². The minimum atomic E-state index is -0.445. The molecule has 0 spiro atoms. The van der Waals surface area contributed by atoms with Crippen LogP contribution in [0.5, 0.6) is 0 Å². The predicted molar refractivity (Wildman–Crippen MR) is 107 cm³/mol. The number of fused-ring (bicyclic) bond motifs is 1. The number of aromatic nitrogens is 3. The first-order valence-corrected chi connectivity index (χ1v) is 9.00. The van der Waals surface area contributed by atoms with Crippen LogP contribution >= 0.6 is 0 Å². The Hall–Kier alpha value is -3.13. The molecule has 0 aliphatic carbocycles. The number of aryl methyl sites for hydroxylation is 1. The van der Waals surface area contributed by atoms with Crippen LogP contribution < -0.4 is 16.6 Å². The van der Waals surface area contributed by atoms with Crippen LogP contribution in [0.25, 0.3) is 11.0 Å². The summed E-state index contributed by atoms with van der Waals surface area (Å²) in [5.74, 6) is -0.321. The number of hydrogen-bond acceptors (Lipinski definition) is 4. The zero-order chi connectivity index (χ0) is 20.4. The fraction of sp³-hybridized carbons (Fsp3) is 0.350. The van der Waals surface area contributed by atoms with Crippen molar-refractivity contribution in [3.05, 3.63) is 68.5 Å². The second-order valence-corrected chi connectivity index (χ2v) is 6.72. The van der Waals surface area contributed by atoms with Gasteiger partial charge in [0.1, 0.15) is 11.3 Å². The Bertz CT molecular complexity index is 1130. The number of ether oxygens (including phenoxy) is 1. The summed E-state index contributed by atoms with van der Waals surface area (Å²) in [6.45, 7) is 2.56. The third-order valence-electron chi connectivity index (χ3n) is 4.89. The Labute approximate surface area is 162 Å². The number of methoxy groups -OCH3 is 1. The number of nitrogens with zero attached hydrogens (tertiary/aromatic N) is 3. The van der Waals surface area contributed by atoms with Gasteiger partial charge in [0.15, 0.2) is 0 Å². The molecule has 0 aliphatic rings. The summed E-state index contributed by atoms with van der Waals surface area (Å²) >= 11 is 0. The van der Waals surface area contributed by atoms with Crippen molar-refractivity contribution in [2.75, 3.05) is 13.7 Å². The SMILES string of the molecule is COCCn1c(C(=O)N[C@H](C)c2ccccc2)cc2c(=O)n(C)c(=O)n(C)c21. The summed E-state index contributed by atoms with van der Waals surface area (Å²) in [5.41, 5.74) is 0.813. The van der Waals surface area contributed by atoms with Crippen LogP contribution in [0.1, 0.15) is 29.0 Å². The maximum absolute atomic E-state index is 13.0. The molecule has 3 rings (SSSR count). The number of carbonyl (C=O) groups is 1. The highest BCUT2D eigenvalue weighted by molar-refractivity contribution is 5.98. The van der Waals surface area contributed by atoms with Crippen LogP contribution in [0.3, 0.4) is 0 Å². The van der Waals surface area contributed by atoms with E-state index in [9.17, 15) is 14.4 Å². The molecule has 1 amide bonds. The van der Waals surface area contributed by atoms with Gasteiger partial charge < -0.3 is 14.6 Å². The van der Waals surface area contributed by atoms with Gasteiger partial charge in [0.2, 0.25) is 0 Å². The lowest BCUT2D eigenvalue weighted by Crippen LogP contribution is -2.37. The largest absolute Gasteiger partial charge is 0.383 e. The van der Waals surface area contributed by atoms with E-state index in [0.29, 0.717) is 29.9 Å². The molecule has 1 N–H and O–H groups in total. The molecular weight excluding hydrogens is 360 g/mol. The van der Waals surface area contributed by atoms with Gasteiger partial charge in [-0.05, 0) is 18.6 Å². The second kappa shape index (κ2) is 7.85. The Kier molecular flexibility index (Phi) is 5.51. The van der Waals surface area contributed by atoms with Crippen molar-refractivity contribution in [1.29, 1.82) is 0 Å². The van der Waals surface area contributed by atoms with E-state index in [1.165, 1.54) is 11.6 Å². The van der Waals surface area contributed by atoms with E-state index in [0.717, 1.165) is 10.1 Å². The van der Waals surface area contributed by atoms with Crippen LogP contribution in [-0.2, 0) is 25.4 Å². The van der Waals surface area contributed by atoms with Crippen molar-refractivity contribution in [3.63, 3.8) is 0 Å². The number of amides is 1.